The molecule has 0 saturated heterocycles. The maximum atomic E-state index is 10.9. The van der Waals surface area contributed by atoms with Crippen molar-refractivity contribution in [2.75, 3.05) is 0 Å². The Bertz CT molecular complexity index is 782. The van der Waals surface area contributed by atoms with Gasteiger partial charge in [-0.2, -0.15) is 5.10 Å². The first-order chi connectivity index (χ1) is 10.8. The highest BCUT2D eigenvalue weighted by atomic mass is 16.1. The molecular weight excluding hydrogens is 276 g/mol. The first kappa shape index (κ1) is 13.2. The first-order valence-electron chi connectivity index (χ1n) is 7.76. The summed E-state index contributed by atoms with van der Waals surface area (Å²) in [6.45, 7) is 0. The van der Waals surface area contributed by atoms with Gasteiger partial charge >= 0.3 is 0 Å². The van der Waals surface area contributed by atoms with Gasteiger partial charge in [-0.15, -0.1) is 0 Å². The second kappa shape index (κ2) is 5.40. The van der Waals surface area contributed by atoms with Crippen molar-refractivity contribution in [2.24, 2.45) is 5.92 Å². The second-order valence-electron chi connectivity index (χ2n) is 6.10. The van der Waals surface area contributed by atoms with Crippen LogP contribution in [-0.2, 0) is 4.79 Å². The van der Waals surface area contributed by atoms with Gasteiger partial charge in [0.05, 0.1) is 6.20 Å². The summed E-state index contributed by atoms with van der Waals surface area (Å²) >= 11 is 0. The van der Waals surface area contributed by atoms with Crippen LogP contribution in [0, 0.1) is 5.92 Å². The Morgan fingerprint density at radius 1 is 1.14 bits per heavy atom. The zero-order valence-corrected chi connectivity index (χ0v) is 12.2. The Morgan fingerprint density at radius 3 is 2.73 bits per heavy atom. The summed E-state index contributed by atoms with van der Waals surface area (Å²) in [5.74, 6) is 0.766. The van der Waals surface area contributed by atoms with Crippen molar-refractivity contribution < 1.29 is 4.79 Å². The number of hydrogen-bond donors (Lipinski definition) is 2. The van der Waals surface area contributed by atoms with Crippen molar-refractivity contribution in [3.8, 4) is 11.1 Å². The van der Waals surface area contributed by atoms with Crippen LogP contribution in [0.1, 0.15) is 37.2 Å². The van der Waals surface area contributed by atoms with E-state index in [-0.39, 0.29) is 5.92 Å². The smallest absolute Gasteiger partial charge is 0.137 e. The Balaban J connectivity index is 1.68. The van der Waals surface area contributed by atoms with Crippen molar-refractivity contribution in [3.63, 3.8) is 0 Å². The van der Waals surface area contributed by atoms with Crippen LogP contribution in [0.15, 0.2) is 30.9 Å². The quantitative estimate of drug-likeness (QED) is 0.727. The molecule has 2 N–H and O–H groups in total. The third kappa shape index (κ3) is 2.22. The van der Waals surface area contributed by atoms with Crippen molar-refractivity contribution in [1.29, 1.82) is 0 Å². The van der Waals surface area contributed by atoms with Gasteiger partial charge in [-0.25, -0.2) is 4.98 Å². The van der Waals surface area contributed by atoms with Gasteiger partial charge in [0.15, 0.2) is 0 Å². The van der Waals surface area contributed by atoms with Crippen LogP contribution >= 0.6 is 0 Å². The fourth-order valence-electron chi connectivity index (χ4n) is 3.47. The SMILES string of the molecule is O=CC1CCC(c2cnc3[nH]cc(-c4cn[nH]c4)c3c2)CC1. The van der Waals surface area contributed by atoms with Gasteiger partial charge in [0.2, 0.25) is 0 Å². The predicted molar refractivity (Wildman–Crippen MR) is 84.4 cm³/mol. The summed E-state index contributed by atoms with van der Waals surface area (Å²) in [7, 11) is 0. The molecule has 0 spiro atoms. The zero-order chi connectivity index (χ0) is 14.9. The minimum atomic E-state index is 0.252. The lowest BCUT2D eigenvalue weighted by Gasteiger charge is -2.25. The predicted octanol–water partition coefficient (Wildman–Crippen LogP) is 3.43. The van der Waals surface area contributed by atoms with Crippen molar-refractivity contribution in [2.45, 2.75) is 31.6 Å². The van der Waals surface area contributed by atoms with Crippen LogP contribution in [0.2, 0.25) is 0 Å². The molecule has 0 aromatic carbocycles. The van der Waals surface area contributed by atoms with Gasteiger partial charge in [0, 0.05) is 41.0 Å². The van der Waals surface area contributed by atoms with Crippen molar-refractivity contribution >= 4 is 17.3 Å². The van der Waals surface area contributed by atoms with Gasteiger partial charge in [0.1, 0.15) is 11.9 Å². The number of aromatic nitrogens is 4. The summed E-state index contributed by atoms with van der Waals surface area (Å²) in [4.78, 5) is 18.7. The lowest BCUT2D eigenvalue weighted by atomic mass is 9.79. The molecule has 5 heteroatoms. The van der Waals surface area contributed by atoms with Gasteiger partial charge in [0.25, 0.3) is 0 Å². The molecule has 0 aliphatic heterocycles. The number of hydrogen-bond acceptors (Lipinski definition) is 3. The second-order valence-corrected chi connectivity index (χ2v) is 6.10. The van der Waals surface area contributed by atoms with Crippen LogP contribution in [0.25, 0.3) is 22.2 Å². The number of pyridine rings is 1. The lowest BCUT2D eigenvalue weighted by molar-refractivity contribution is -0.111. The van der Waals surface area contributed by atoms with E-state index in [0.717, 1.165) is 54.1 Å². The molecule has 1 saturated carbocycles. The van der Waals surface area contributed by atoms with Gasteiger partial charge in [-0.3, -0.25) is 5.10 Å². The third-order valence-corrected chi connectivity index (χ3v) is 4.80. The highest BCUT2D eigenvalue weighted by Crippen LogP contribution is 2.37. The highest BCUT2D eigenvalue weighted by Gasteiger charge is 2.22. The van der Waals surface area contributed by atoms with E-state index in [0.29, 0.717) is 5.92 Å². The summed E-state index contributed by atoms with van der Waals surface area (Å²) in [6.07, 6.45) is 12.9. The van der Waals surface area contributed by atoms with E-state index in [1.54, 1.807) is 0 Å². The Labute approximate surface area is 128 Å². The standard InChI is InChI=1S/C17H18N4O/c22-10-11-1-3-12(4-2-11)13-5-15-16(14-7-20-21-8-14)9-19-17(15)18-6-13/h5-12H,1-4H2,(H,18,19)(H,20,21). The number of carbonyl (C=O) groups is 1. The summed E-state index contributed by atoms with van der Waals surface area (Å²) in [6, 6.07) is 2.24. The lowest BCUT2D eigenvalue weighted by Crippen LogP contribution is -2.14. The van der Waals surface area contributed by atoms with E-state index in [1.165, 1.54) is 5.56 Å². The van der Waals surface area contributed by atoms with E-state index in [2.05, 4.69) is 26.2 Å². The van der Waals surface area contributed by atoms with Crippen LogP contribution in [-0.4, -0.2) is 26.5 Å². The fraction of sp³-hybridized carbons (Fsp3) is 0.353. The molecule has 4 rings (SSSR count). The maximum Gasteiger partial charge on any atom is 0.137 e. The van der Waals surface area contributed by atoms with E-state index in [4.69, 9.17) is 0 Å². The van der Waals surface area contributed by atoms with Crippen LogP contribution in [0.5, 0.6) is 0 Å². The molecule has 0 unspecified atom stereocenters. The minimum Gasteiger partial charge on any atom is -0.346 e. The minimum absolute atomic E-state index is 0.252. The Hall–Kier alpha value is -2.43. The number of aldehydes is 1. The van der Waals surface area contributed by atoms with Gasteiger partial charge in [-0.05, 0) is 43.2 Å². The zero-order valence-electron chi connectivity index (χ0n) is 12.2. The number of carbonyl (C=O) groups excluding carboxylic acids is 1. The summed E-state index contributed by atoms with van der Waals surface area (Å²) in [5, 5.41) is 8.01. The summed E-state index contributed by atoms with van der Waals surface area (Å²) < 4.78 is 0. The number of rotatable bonds is 3. The van der Waals surface area contributed by atoms with Crippen molar-refractivity contribution in [3.05, 3.63) is 36.4 Å². The molecule has 0 amide bonds. The number of aromatic amines is 2. The van der Waals surface area contributed by atoms with Crippen LogP contribution in [0.4, 0.5) is 0 Å². The highest BCUT2D eigenvalue weighted by molar-refractivity contribution is 5.93. The van der Waals surface area contributed by atoms with Crippen LogP contribution < -0.4 is 0 Å². The molecular formula is C17H18N4O. The van der Waals surface area contributed by atoms with Gasteiger partial charge < -0.3 is 9.78 Å². The molecule has 1 aliphatic carbocycles. The molecule has 3 aromatic heterocycles. The number of H-pyrrole nitrogens is 2. The van der Waals surface area contributed by atoms with E-state index in [9.17, 15) is 4.79 Å². The fourth-order valence-corrected chi connectivity index (χ4v) is 3.47. The number of nitrogens with zero attached hydrogens (tertiary/aromatic N) is 2. The summed E-state index contributed by atoms with van der Waals surface area (Å²) in [5.41, 5.74) is 4.37. The molecule has 3 aromatic rings. The van der Waals surface area contributed by atoms with Crippen LogP contribution in [0.3, 0.4) is 0 Å². The molecule has 5 nitrogen and oxygen atoms in total. The molecule has 3 heterocycles. The topological polar surface area (TPSA) is 74.4 Å². The first-order valence-corrected chi connectivity index (χ1v) is 7.76. The average molecular weight is 294 g/mol. The van der Waals surface area contributed by atoms with E-state index >= 15 is 0 Å². The Morgan fingerprint density at radius 2 is 2.00 bits per heavy atom. The number of nitrogens with one attached hydrogen (secondary N) is 2. The third-order valence-electron chi connectivity index (χ3n) is 4.80. The number of fused-ring (bicyclic) bond motifs is 1. The largest absolute Gasteiger partial charge is 0.346 e. The maximum absolute atomic E-state index is 10.9. The molecule has 1 fully saturated rings. The molecule has 22 heavy (non-hydrogen) atoms. The molecule has 0 atom stereocenters. The monoisotopic (exact) mass is 294 g/mol. The molecule has 1 aliphatic rings. The van der Waals surface area contributed by atoms with E-state index in [1.807, 2.05) is 24.8 Å². The molecule has 112 valence electrons. The molecule has 0 radical (unpaired) electrons. The Kier molecular flexibility index (Phi) is 3.25. The van der Waals surface area contributed by atoms with E-state index < -0.39 is 0 Å². The molecule has 0 bridgehead atoms. The average Bonchev–Trinajstić information content (AvgIpc) is 3.23. The van der Waals surface area contributed by atoms with Crippen molar-refractivity contribution in [1.82, 2.24) is 20.2 Å². The normalized spacial score (nSPS) is 22.0. The van der Waals surface area contributed by atoms with Gasteiger partial charge in [-0.1, -0.05) is 0 Å².